The molecule has 0 amide bonds. The number of hydrogen-bond acceptors (Lipinski definition) is 4. The zero-order chi connectivity index (χ0) is 8.60. The molecule has 2 atom stereocenters. The van der Waals surface area contributed by atoms with Gasteiger partial charge in [0.05, 0.1) is 4.08 Å². The monoisotopic (exact) mass is 205 g/mol. The Morgan fingerprint density at radius 1 is 1.67 bits per heavy atom. The van der Waals surface area contributed by atoms with E-state index in [1.165, 1.54) is 0 Å². The second-order valence-corrected chi connectivity index (χ2v) is 6.34. The van der Waals surface area contributed by atoms with Crippen molar-refractivity contribution >= 4 is 29.5 Å². The normalized spacial score (nSPS) is 40.8. The van der Waals surface area contributed by atoms with Crippen molar-refractivity contribution in [1.82, 2.24) is 5.32 Å². The highest BCUT2D eigenvalue weighted by Crippen LogP contribution is 2.51. The van der Waals surface area contributed by atoms with Gasteiger partial charge in [0.2, 0.25) is 0 Å². The molecule has 2 aliphatic rings. The molecule has 1 spiro atoms. The van der Waals surface area contributed by atoms with Crippen LogP contribution in [0.5, 0.6) is 0 Å². The molecule has 0 radical (unpaired) electrons. The largest absolute Gasteiger partial charge is 0.480 e. The van der Waals surface area contributed by atoms with Gasteiger partial charge in [-0.2, -0.15) is 0 Å². The first-order chi connectivity index (χ1) is 5.72. The van der Waals surface area contributed by atoms with Gasteiger partial charge in [0.1, 0.15) is 5.25 Å². The first-order valence-electron chi connectivity index (χ1n) is 3.97. The van der Waals surface area contributed by atoms with Crippen LogP contribution in [0, 0.1) is 0 Å². The highest BCUT2D eigenvalue weighted by atomic mass is 32.2. The molecular weight excluding hydrogens is 194 g/mol. The standard InChI is InChI=1S/C7H11NO2S2/c9-6(10)5-3-11-7(12-5)1-2-8-4-7/h5,8H,1-4H2,(H,9,10)/t5?,7-/m0/s1. The lowest BCUT2D eigenvalue weighted by Crippen LogP contribution is -2.22. The van der Waals surface area contributed by atoms with Gasteiger partial charge >= 0.3 is 5.97 Å². The van der Waals surface area contributed by atoms with Crippen LogP contribution in [0.4, 0.5) is 0 Å². The van der Waals surface area contributed by atoms with Gasteiger partial charge in [-0.15, -0.1) is 23.5 Å². The van der Waals surface area contributed by atoms with Gasteiger partial charge in [0.25, 0.3) is 0 Å². The van der Waals surface area contributed by atoms with E-state index in [1.807, 2.05) is 11.8 Å². The van der Waals surface area contributed by atoms with Crippen LogP contribution in [0.15, 0.2) is 0 Å². The summed E-state index contributed by atoms with van der Waals surface area (Å²) in [5, 5.41) is 11.9. The van der Waals surface area contributed by atoms with Crippen molar-refractivity contribution in [3.63, 3.8) is 0 Å². The van der Waals surface area contributed by atoms with Crippen molar-refractivity contribution in [3.05, 3.63) is 0 Å². The van der Waals surface area contributed by atoms with Crippen LogP contribution in [0.3, 0.4) is 0 Å². The average molecular weight is 205 g/mol. The molecule has 3 nitrogen and oxygen atoms in total. The Bertz CT molecular complexity index is 204. The van der Waals surface area contributed by atoms with Crippen molar-refractivity contribution < 1.29 is 9.90 Å². The summed E-state index contributed by atoms with van der Waals surface area (Å²) in [6.45, 7) is 2.00. The number of carbonyl (C=O) groups is 1. The molecule has 2 rings (SSSR count). The topological polar surface area (TPSA) is 49.3 Å². The van der Waals surface area contributed by atoms with E-state index in [9.17, 15) is 4.79 Å². The minimum atomic E-state index is -0.656. The third kappa shape index (κ3) is 1.45. The lowest BCUT2D eigenvalue weighted by molar-refractivity contribution is -0.135. The molecule has 12 heavy (non-hydrogen) atoms. The fourth-order valence-electron chi connectivity index (χ4n) is 1.55. The first kappa shape index (κ1) is 8.72. The lowest BCUT2D eigenvalue weighted by atomic mass is 10.4. The van der Waals surface area contributed by atoms with E-state index in [1.54, 1.807) is 11.8 Å². The average Bonchev–Trinajstić information content (AvgIpc) is 2.62. The Labute approximate surface area is 79.7 Å². The molecule has 5 heteroatoms. The fraction of sp³-hybridized carbons (Fsp3) is 0.857. The molecule has 2 fully saturated rings. The molecular formula is C7H11NO2S2. The van der Waals surface area contributed by atoms with Crippen LogP contribution in [-0.2, 0) is 4.79 Å². The molecule has 0 bridgehead atoms. The van der Waals surface area contributed by atoms with E-state index in [-0.39, 0.29) is 9.33 Å². The van der Waals surface area contributed by atoms with Gasteiger partial charge in [-0.3, -0.25) is 4.79 Å². The van der Waals surface area contributed by atoms with Crippen molar-refractivity contribution in [2.24, 2.45) is 0 Å². The van der Waals surface area contributed by atoms with Crippen LogP contribution in [0.2, 0.25) is 0 Å². The third-order valence-corrected chi connectivity index (χ3v) is 5.87. The van der Waals surface area contributed by atoms with E-state index in [0.29, 0.717) is 0 Å². The third-order valence-electron chi connectivity index (χ3n) is 2.21. The number of thioether (sulfide) groups is 2. The van der Waals surface area contributed by atoms with Crippen LogP contribution < -0.4 is 5.32 Å². The van der Waals surface area contributed by atoms with Gasteiger partial charge in [-0.1, -0.05) is 0 Å². The van der Waals surface area contributed by atoms with Crippen molar-refractivity contribution in [3.8, 4) is 0 Å². The van der Waals surface area contributed by atoms with Gasteiger partial charge in [-0.25, -0.2) is 0 Å². The highest BCUT2D eigenvalue weighted by molar-refractivity contribution is 8.22. The van der Waals surface area contributed by atoms with Crippen LogP contribution in [0.1, 0.15) is 6.42 Å². The second kappa shape index (κ2) is 3.12. The van der Waals surface area contributed by atoms with E-state index >= 15 is 0 Å². The summed E-state index contributed by atoms with van der Waals surface area (Å²) in [4.78, 5) is 10.7. The summed E-state index contributed by atoms with van der Waals surface area (Å²) in [7, 11) is 0. The Balaban J connectivity index is 2.01. The molecule has 2 saturated heterocycles. The molecule has 0 aromatic carbocycles. The number of carboxylic acid groups (broad SMARTS) is 1. The summed E-state index contributed by atoms with van der Waals surface area (Å²) >= 11 is 3.44. The summed E-state index contributed by atoms with van der Waals surface area (Å²) in [5.74, 6) is 0.109. The number of rotatable bonds is 1. The van der Waals surface area contributed by atoms with Gasteiger partial charge in [0, 0.05) is 12.3 Å². The Kier molecular flexibility index (Phi) is 2.27. The van der Waals surface area contributed by atoms with Crippen molar-refractivity contribution in [2.75, 3.05) is 18.8 Å². The highest BCUT2D eigenvalue weighted by Gasteiger charge is 2.45. The fourth-order valence-corrected chi connectivity index (χ4v) is 4.92. The van der Waals surface area contributed by atoms with Crippen molar-refractivity contribution in [2.45, 2.75) is 15.7 Å². The molecule has 0 saturated carbocycles. The number of carboxylic acids is 1. The van der Waals surface area contributed by atoms with Crippen LogP contribution >= 0.6 is 23.5 Å². The quantitative estimate of drug-likeness (QED) is 0.657. The van der Waals surface area contributed by atoms with E-state index in [0.717, 1.165) is 25.3 Å². The summed E-state index contributed by atoms with van der Waals surface area (Å²) in [5.41, 5.74) is 0. The Morgan fingerprint density at radius 2 is 2.50 bits per heavy atom. The maximum absolute atomic E-state index is 10.7. The van der Waals surface area contributed by atoms with Crippen LogP contribution in [0.25, 0.3) is 0 Å². The SMILES string of the molecule is O=C(O)C1CS[C@@]2(CCNC2)S1. The zero-order valence-corrected chi connectivity index (χ0v) is 8.21. The number of aliphatic carboxylic acids is 1. The first-order valence-corrected chi connectivity index (χ1v) is 5.84. The molecule has 0 aromatic rings. The predicted molar refractivity (Wildman–Crippen MR) is 51.7 cm³/mol. The predicted octanol–water partition coefficient (Wildman–Crippen LogP) is 0.609. The van der Waals surface area contributed by atoms with E-state index in [4.69, 9.17) is 5.11 Å². The molecule has 2 N–H and O–H groups in total. The smallest absolute Gasteiger partial charge is 0.317 e. The second-order valence-electron chi connectivity index (χ2n) is 3.09. The molecule has 2 heterocycles. The minimum Gasteiger partial charge on any atom is -0.480 e. The number of hydrogen-bond donors (Lipinski definition) is 2. The summed E-state index contributed by atoms with van der Waals surface area (Å²) in [6.07, 6.45) is 1.10. The maximum atomic E-state index is 10.7. The van der Waals surface area contributed by atoms with E-state index < -0.39 is 5.97 Å². The molecule has 0 aliphatic carbocycles. The van der Waals surface area contributed by atoms with Gasteiger partial charge in [-0.05, 0) is 13.0 Å². The molecule has 2 aliphatic heterocycles. The summed E-state index contributed by atoms with van der Waals surface area (Å²) < 4.78 is 0.184. The minimum absolute atomic E-state index is 0.184. The van der Waals surface area contributed by atoms with Crippen LogP contribution in [-0.4, -0.2) is 39.2 Å². The van der Waals surface area contributed by atoms with Gasteiger partial charge < -0.3 is 10.4 Å². The van der Waals surface area contributed by atoms with Crippen molar-refractivity contribution in [1.29, 1.82) is 0 Å². The zero-order valence-electron chi connectivity index (χ0n) is 6.58. The molecule has 0 aromatic heterocycles. The number of nitrogens with one attached hydrogen (secondary N) is 1. The maximum Gasteiger partial charge on any atom is 0.317 e. The van der Waals surface area contributed by atoms with E-state index in [2.05, 4.69) is 5.32 Å². The Morgan fingerprint density at radius 3 is 3.00 bits per heavy atom. The molecule has 68 valence electrons. The lowest BCUT2D eigenvalue weighted by Gasteiger charge is -2.18. The molecule has 1 unspecified atom stereocenters. The summed E-state index contributed by atoms with van der Waals surface area (Å²) in [6, 6.07) is 0. The van der Waals surface area contributed by atoms with Gasteiger partial charge in [0.15, 0.2) is 0 Å². The Hall–Kier alpha value is 0.130.